The molecule has 0 bridgehead atoms. The van der Waals surface area contributed by atoms with Gasteiger partial charge in [-0.3, -0.25) is 49.7 Å². The van der Waals surface area contributed by atoms with Gasteiger partial charge in [-0.1, -0.05) is 31.9 Å². The smallest absolute Gasteiger partial charge is 0.504 e. The van der Waals surface area contributed by atoms with E-state index in [1.807, 2.05) is 0 Å². The lowest BCUT2D eigenvalue weighted by molar-refractivity contribution is -0.492. The van der Waals surface area contributed by atoms with Crippen LogP contribution in [0.3, 0.4) is 0 Å². The van der Waals surface area contributed by atoms with Crippen molar-refractivity contribution in [3.63, 3.8) is 0 Å². The van der Waals surface area contributed by atoms with Crippen LogP contribution in [0.5, 0.6) is 17.2 Å². The molecule has 0 radical (unpaired) electrons. The number of aromatic hydroxyl groups is 2. The summed E-state index contributed by atoms with van der Waals surface area (Å²) < 4.78 is 34.2. The first-order valence-electron chi connectivity index (χ1n) is 19.3. The summed E-state index contributed by atoms with van der Waals surface area (Å²) >= 11 is 0. The largest absolute Gasteiger partial charge is 0.514 e. The van der Waals surface area contributed by atoms with E-state index in [4.69, 9.17) is 35.0 Å². The molecule has 4 aliphatic carbocycles. The van der Waals surface area contributed by atoms with E-state index in [0.717, 1.165) is 12.1 Å². The number of ketones is 3. The maximum absolute atomic E-state index is 17.8. The summed E-state index contributed by atoms with van der Waals surface area (Å²) in [7, 11) is 0. The van der Waals surface area contributed by atoms with Crippen LogP contribution in [-0.2, 0) is 33.5 Å². The van der Waals surface area contributed by atoms with Crippen LogP contribution >= 0.6 is 0 Å². The molecule has 4 aliphatic rings. The van der Waals surface area contributed by atoms with Crippen LogP contribution < -0.4 is 4.74 Å². The third-order valence-corrected chi connectivity index (χ3v) is 12.7. The molecular weight excluding hydrogens is 787 g/mol. The number of alkyl halides is 1. The lowest BCUT2D eigenvalue weighted by Crippen LogP contribution is -2.70. The number of rotatable bonds is 18. The minimum atomic E-state index is -2.28. The molecule has 0 aliphatic heterocycles. The summed E-state index contributed by atoms with van der Waals surface area (Å²) in [5.41, 5.74) is -6.77. The van der Waals surface area contributed by atoms with E-state index in [0.29, 0.717) is 31.3 Å². The van der Waals surface area contributed by atoms with Crippen molar-refractivity contribution in [1.29, 1.82) is 0 Å². The highest BCUT2D eigenvalue weighted by molar-refractivity contribution is 6.01. The van der Waals surface area contributed by atoms with Gasteiger partial charge in [0, 0.05) is 41.1 Å². The van der Waals surface area contributed by atoms with Crippen LogP contribution in [-0.4, -0.2) is 114 Å². The molecule has 7 N–H and O–H groups in total. The Hall–Kier alpha value is -4.38. The Bertz CT molecular complexity index is 1850. The van der Waals surface area contributed by atoms with Crippen LogP contribution in [0.25, 0.3) is 0 Å². The number of benzene rings is 1. The van der Waals surface area contributed by atoms with Gasteiger partial charge in [-0.05, 0) is 82.1 Å². The quantitative estimate of drug-likeness (QED) is 0.0265. The van der Waals surface area contributed by atoms with Crippen molar-refractivity contribution in [2.75, 3.05) is 19.8 Å². The third-order valence-electron chi connectivity index (χ3n) is 12.7. The summed E-state index contributed by atoms with van der Waals surface area (Å²) in [5.74, 6) is -7.39. The second-order valence-electron chi connectivity index (χ2n) is 16.0. The molecule has 326 valence electrons. The van der Waals surface area contributed by atoms with Gasteiger partial charge in [0.25, 0.3) is 0 Å². The lowest BCUT2D eigenvalue weighted by atomic mass is 9.44. The molecule has 0 heterocycles. The van der Waals surface area contributed by atoms with Crippen LogP contribution in [0.15, 0.2) is 35.9 Å². The number of ether oxygens (including phenoxy) is 3. The molecule has 0 saturated heterocycles. The zero-order chi connectivity index (χ0) is 43.5. The van der Waals surface area contributed by atoms with Gasteiger partial charge in [-0.2, -0.15) is 0 Å². The summed E-state index contributed by atoms with van der Waals surface area (Å²) in [4.78, 5) is 75.2. The molecule has 5 rings (SSSR count). The second-order valence-corrected chi connectivity index (χ2v) is 16.0. The van der Waals surface area contributed by atoms with Crippen molar-refractivity contribution >= 4 is 29.5 Å². The fourth-order valence-corrected chi connectivity index (χ4v) is 10.0. The lowest BCUT2D eigenvalue weighted by Gasteiger charge is -2.62. The summed E-state index contributed by atoms with van der Waals surface area (Å²) in [6.07, 6.45) is 1.87. The predicted molar refractivity (Wildman–Crippen MR) is 193 cm³/mol. The number of carbonyl (C=O) groups is 5. The van der Waals surface area contributed by atoms with Crippen LogP contribution in [0.2, 0.25) is 0 Å². The third kappa shape index (κ3) is 8.77. The number of phenolic OH excluding ortho intramolecular Hbond substituents is 2. The average molecular weight is 839 g/mol. The number of phenols is 2. The van der Waals surface area contributed by atoms with Gasteiger partial charge >= 0.3 is 12.1 Å². The predicted octanol–water partition coefficient (Wildman–Crippen LogP) is 4.63. The number of unbranched alkanes of at least 4 members (excludes halogenated alkanes) is 2. The molecule has 3 fully saturated rings. The van der Waals surface area contributed by atoms with Crippen molar-refractivity contribution in [1.82, 2.24) is 10.8 Å². The number of carbonyl (C=O) groups excluding carboxylic acids is 5. The van der Waals surface area contributed by atoms with Gasteiger partial charge in [0.1, 0.15) is 0 Å². The summed E-state index contributed by atoms with van der Waals surface area (Å²) in [5, 5.41) is 66.5. The zero-order valence-corrected chi connectivity index (χ0v) is 32.9. The molecule has 20 heteroatoms. The maximum Gasteiger partial charge on any atom is 0.514 e. The Morgan fingerprint density at radius 3 is 2.29 bits per heavy atom. The number of halogens is 1. The first-order chi connectivity index (χ1) is 27.7. The van der Waals surface area contributed by atoms with E-state index in [9.17, 15) is 39.3 Å². The molecule has 3 saturated carbocycles. The van der Waals surface area contributed by atoms with Gasteiger partial charge < -0.3 is 29.5 Å². The minimum absolute atomic E-state index is 0.0297. The molecule has 19 nitrogen and oxygen atoms in total. The van der Waals surface area contributed by atoms with Crippen molar-refractivity contribution in [2.24, 2.45) is 28.6 Å². The highest BCUT2D eigenvalue weighted by Gasteiger charge is 2.77. The standard InChI is InChI=1S/C39H51FN2O17/c1-22-16-27-26-11-10-24-19-25(43)12-13-36(24,2)38(26,40)31(46)20-37(27,3)39(22,59-33(48)9-7-15-57-42(53)54)32(47)21-55-35(50)58-30-18-23(17-29(45)34(30)49)28(44)8-5-4-6-14-56-41(51)52/h12-13,17-19,22,26-27,31,45-46,49,51-54H,4-11,14-16,20-21H2,1-3H3/t22-,26?,27?,31+,36+,37+,38+,39+/m1/s1. The number of hydrogen-bond acceptors (Lipinski definition) is 19. The van der Waals surface area contributed by atoms with Crippen molar-refractivity contribution in [3.8, 4) is 17.2 Å². The number of nitrogens with zero attached hydrogens (tertiary/aromatic N) is 2. The molecular formula is C39H51FN2O17. The van der Waals surface area contributed by atoms with Crippen LogP contribution in [0, 0.1) is 28.6 Å². The fraction of sp³-hybridized carbons (Fsp3) is 0.615. The van der Waals surface area contributed by atoms with E-state index in [1.54, 1.807) is 20.8 Å². The SMILES string of the molecule is C[C@@H]1CC2C3CCC4=CC(=O)C=C[C@]4(C)[C@@]3(F)[C@@H](O)C[C@]2(C)[C@@]1(OC(=O)CCCON(O)O)C(=O)COC(=O)Oc1cc(C(=O)CCCCCON(O)O)cc(O)c1O. The van der Waals surface area contributed by atoms with Crippen LogP contribution in [0.1, 0.15) is 95.3 Å². The molecule has 1 aromatic rings. The molecule has 8 atom stereocenters. The van der Waals surface area contributed by atoms with Gasteiger partial charge in [0.05, 0.1) is 30.1 Å². The monoisotopic (exact) mass is 838 g/mol. The van der Waals surface area contributed by atoms with E-state index in [-0.39, 0.29) is 63.1 Å². The molecule has 2 unspecified atom stereocenters. The number of Topliss-reactive ketones (excluding diaryl/α,β-unsaturated/α-hetero) is 2. The van der Waals surface area contributed by atoms with Gasteiger partial charge in [-0.25, -0.2) is 9.18 Å². The van der Waals surface area contributed by atoms with Gasteiger partial charge in [0.15, 0.2) is 40.9 Å². The fourth-order valence-electron chi connectivity index (χ4n) is 10.0. The first kappa shape index (κ1) is 45.7. The minimum Gasteiger partial charge on any atom is -0.504 e. The number of fused-ring (bicyclic) bond motifs is 5. The number of esters is 1. The van der Waals surface area contributed by atoms with Crippen molar-refractivity contribution in [2.45, 2.75) is 102 Å². The van der Waals surface area contributed by atoms with E-state index < -0.39 is 104 Å². The zero-order valence-electron chi connectivity index (χ0n) is 32.9. The Morgan fingerprint density at radius 2 is 1.61 bits per heavy atom. The number of allylic oxidation sites excluding steroid dienone is 4. The second kappa shape index (κ2) is 18.1. The molecule has 0 spiro atoms. The topological polar surface area (TPSA) is 280 Å². The van der Waals surface area contributed by atoms with Gasteiger partial charge in [-0.15, -0.1) is 0 Å². The number of aliphatic hydroxyl groups excluding tert-OH is 1. The highest BCUT2D eigenvalue weighted by Crippen LogP contribution is 2.71. The number of hydrogen-bond donors (Lipinski definition) is 7. The van der Waals surface area contributed by atoms with E-state index in [1.165, 1.54) is 18.2 Å². The molecule has 0 amide bonds. The summed E-state index contributed by atoms with van der Waals surface area (Å²) in [6, 6.07) is 1.95. The Kier molecular flexibility index (Phi) is 14.0. The average Bonchev–Trinajstić information content (AvgIpc) is 3.38. The van der Waals surface area contributed by atoms with Crippen molar-refractivity contribution < 1.29 is 88.4 Å². The Balaban J connectivity index is 1.36. The molecule has 1 aromatic carbocycles. The molecule has 0 aromatic heterocycles. The Labute approximate surface area is 337 Å². The van der Waals surface area contributed by atoms with E-state index in [2.05, 4.69) is 9.68 Å². The maximum atomic E-state index is 17.8. The molecule has 59 heavy (non-hydrogen) atoms. The normalized spacial score (nSPS) is 31.0. The van der Waals surface area contributed by atoms with Gasteiger partial charge in [0.2, 0.25) is 11.5 Å². The van der Waals surface area contributed by atoms with Crippen LogP contribution in [0.4, 0.5) is 9.18 Å². The highest BCUT2D eigenvalue weighted by atomic mass is 19.1. The summed E-state index contributed by atoms with van der Waals surface area (Å²) in [6.45, 7) is 3.45. The number of aliphatic hydroxyl groups is 1. The first-order valence-corrected chi connectivity index (χ1v) is 19.3. The van der Waals surface area contributed by atoms with Crippen molar-refractivity contribution in [3.05, 3.63) is 41.5 Å². The Morgan fingerprint density at radius 1 is 0.932 bits per heavy atom. The van der Waals surface area contributed by atoms with E-state index >= 15 is 4.39 Å².